The van der Waals surface area contributed by atoms with Gasteiger partial charge in [-0.05, 0) is 18.6 Å². The van der Waals surface area contributed by atoms with Crippen LogP contribution in [0.25, 0.3) is 21.3 Å². The molecule has 1 aromatic carbocycles. The van der Waals surface area contributed by atoms with Crippen LogP contribution in [0.4, 0.5) is 5.13 Å². The van der Waals surface area contributed by atoms with Gasteiger partial charge in [0.25, 0.3) is 5.56 Å². The number of hydrogen-bond acceptors (Lipinski definition) is 8. The predicted molar refractivity (Wildman–Crippen MR) is 123 cm³/mol. The summed E-state index contributed by atoms with van der Waals surface area (Å²) in [5, 5.41) is 3.95. The zero-order chi connectivity index (χ0) is 22.1. The average molecular weight is 457 g/mol. The molecule has 0 fully saturated rings. The summed E-state index contributed by atoms with van der Waals surface area (Å²) in [7, 11) is 2.99. The van der Waals surface area contributed by atoms with Crippen LogP contribution in [0.5, 0.6) is 0 Å². The first-order chi connectivity index (χ1) is 14.9. The van der Waals surface area contributed by atoms with Crippen LogP contribution in [0.2, 0.25) is 0 Å². The Kier molecular flexibility index (Phi) is 5.88. The molecule has 0 saturated carbocycles. The van der Waals surface area contributed by atoms with E-state index in [0.717, 1.165) is 33.0 Å². The summed E-state index contributed by atoms with van der Waals surface area (Å²) < 4.78 is 3.35. The molecule has 0 aliphatic carbocycles. The molecule has 11 heteroatoms. The van der Waals surface area contributed by atoms with Gasteiger partial charge in [0.15, 0.2) is 10.8 Å². The highest BCUT2D eigenvalue weighted by atomic mass is 32.2. The molecule has 4 aromatic rings. The molecule has 160 valence electrons. The van der Waals surface area contributed by atoms with Crippen molar-refractivity contribution in [1.82, 2.24) is 24.1 Å². The third kappa shape index (κ3) is 4.10. The molecular formula is C20H20N6O3S2. The van der Waals surface area contributed by atoms with Gasteiger partial charge in [0.05, 0.1) is 16.0 Å². The van der Waals surface area contributed by atoms with Gasteiger partial charge in [0.2, 0.25) is 5.91 Å². The molecule has 9 nitrogen and oxygen atoms in total. The Morgan fingerprint density at radius 3 is 2.65 bits per heavy atom. The largest absolute Gasteiger partial charge is 0.332 e. The van der Waals surface area contributed by atoms with Crippen LogP contribution in [0.15, 0.2) is 38.9 Å². The molecule has 0 unspecified atom stereocenters. The first-order valence-electron chi connectivity index (χ1n) is 9.64. The third-order valence-corrected chi connectivity index (χ3v) is 6.59. The van der Waals surface area contributed by atoms with Gasteiger partial charge in [0, 0.05) is 20.5 Å². The first kappa shape index (κ1) is 21.2. The summed E-state index contributed by atoms with van der Waals surface area (Å²) in [6.45, 7) is 1.99. The number of aromatic nitrogens is 5. The van der Waals surface area contributed by atoms with E-state index in [9.17, 15) is 14.4 Å². The summed E-state index contributed by atoms with van der Waals surface area (Å²) in [5.74, 6) is 0.321. The third-order valence-electron chi connectivity index (χ3n) is 4.67. The van der Waals surface area contributed by atoms with Crippen molar-refractivity contribution in [3.05, 3.63) is 50.9 Å². The van der Waals surface area contributed by atoms with E-state index in [1.165, 1.54) is 23.0 Å². The van der Waals surface area contributed by atoms with Gasteiger partial charge in [-0.25, -0.2) is 19.7 Å². The highest BCUT2D eigenvalue weighted by Crippen LogP contribution is 2.26. The lowest BCUT2D eigenvalue weighted by Crippen LogP contribution is -2.38. The number of amides is 1. The second-order valence-corrected chi connectivity index (χ2v) is 8.92. The van der Waals surface area contributed by atoms with E-state index in [0.29, 0.717) is 22.4 Å². The lowest BCUT2D eigenvalue weighted by Gasteiger charge is -2.11. The number of carbonyl (C=O) groups is 1. The van der Waals surface area contributed by atoms with Crippen LogP contribution in [0, 0.1) is 0 Å². The molecule has 3 heterocycles. The van der Waals surface area contributed by atoms with Gasteiger partial charge in [-0.15, -0.1) is 0 Å². The molecule has 0 aliphatic rings. The number of rotatable bonds is 6. The maximum atomic E-state index is 12.8. The second-order valence-electron chi connectivity index (χ2n) is 6.92. The van der Waals surface area contributed by atoms with Gasteiger partial charge in [0.1, 0.15) is 16.2 Å². The fourth-order valence-corrected chi connectivity index (χ4v) is 4.84. The quantitative estimate of drug-likeness (QED) is 0.350. The number of nitrogens with zero attached hydrogens (tertiary/aromatic N) is 5. The number of para-hydroxylation sites is 1. The van der Waals surface area contributed by atoms with Crippen molar-refractivity contribution < 1.29 is 4.79 Å². The van der Waals surface area contributed by atoms with Crippen molar-refractivity contribution in [3.63, 3.8) is 0 Å². The Morgan fingerprint density at radius 2 is 1.90 bits per heavy atom. The first-order valence-corrected chi connectivity index (χ1v) is 11.4. The number of thiazole rings is 1. The number of thioether (sulfide) groups is 1. The van der Waals surface area contributed by atoms with Crippen molar-refractivity contribution in [2.24, 2.45) is 14.1 Å². The fraction of sp³-hybridized carbons (Fsp3) is 0.300. The van der Waals surface area contributed by atoms with Crippen molar-refractivity contribution in [2.45, 2.75) is 24.8 Å². The number of anilines is 1. The van der Waals surface area contributed by atoms with Crippen LogP contribution in [0.3, 0.4) is 0 Å². The summed E-state index contributed by atoms with van der Waals surface area (Å²) >= 11 is 2.54. The molecule has 0 atom stereocenters. The Balaban J connectivity index is 1.64. The Labute approximate surface area is 185 Å². The molecule has 0 radical (unpaired) electrons. The van der Waals surface area contributed by atoms with E-state index < -0.39 is 11.2 Å². The standard InChI is InChI=1S/C20H20N6O3S2/c1-4-7-13-22-16-15(18(28)26(3)20(29)25(16)2)17(23-13)30-10-14(27)24-19-21-11-8-5-6-9-12(11)31-19/h5-6,8-9H,4,7,10H2,1-3H3,(H,21,24,27). The van der Waals surface area contributed by atoms with E-state index in [1.807, 2.05) is 31.2 Å². The molecule has 0 spiro atoms. The normalized spacial score (nSPS) is 11.3. The van der Waals surface area contributed by atoms with Crippen molar-refractivity contribution >= 4 is 55.4 Å². The highest BCUT2D eigenvalue weighted by Gasteiger charge is 2.18. The van der Waals surface area contributed by atoms with Crippen molar-refractivity contribution in [1.29, 1.82) is 0 Å². The van der Waals surface area contributed by atoms with Gasteiger partial charge >= 0.3 is 5.69 Å². The topological polar surface area (TPSA) is 112 Å². The maximum absolute atomic E-state index is 12.8. The van der Waals surface area contributed by atoms with E-state index in [1.54, 1.807) is 7.05 Å². The second kappa shape index (κ2) is 8.60. The Bertz CT molecular complexity index is 1390. The van der Waals surface area contributed by atoms with Gasteiger partial charge in [-0.1, -0.05) is 42.2 Å². The molecule has 1 amide bonds. The zero-order valence-electron chi connectivity index (χ0n) is 17.2. The predicted octanol–water partition coefficient (Wildman–Crippen LogP) is 2.32. The van der Waals surface area contributed by atoms with Crippen LogP contribution in [-0.4, -0.2) is 35.7 Å². The van der Waals surface area contributed by atoms with Gasteiger partial charge in [-0.2, -0.15) is 0 Å². The minimum Gasteiger partial charge on any atom is -0.301 e. The molecule has 31 heavy (non-hydrogen) atoms. The molecule has 4 rings (SSSR count). The lowest BCUT2D eigenvalue weighted by atomic mass is 10.3. The fourth-order valence-electron chi connectivity index (χ4n) is 3.13. The van der Waals surface area contributed by atoms with E-state index >= 15 is 0 Å². The monoisotopic (exact) mass is 456 g/mol. The van der Waals surface area contributed by atoms with E-state index in [2.05, 4.69) is 20.3 Å². The number of nitrogens with one attached hydrogen (secondary N) is 1. The number of fused-ring (bicyclic) bond motifs is 2. The average Bonchev–Trinajstić information content (AvgIpc) is 3.16. The number of benzene rings is 1. The van der Waals surface area contributed by atoms with Crippen LogP contribution >= 0.6 is 23.1 Å². The van der Waals surface area contributed by atoms with Gasteiger partial charge < -0.3 is 5.32 Å². The molecule has 0 aliphatic heterocycles. The Hall–Kier alpha value is -3.05. The molecule has 3 aromatic heterocycles. The van der Waals surface area contributed by atoms with Crippen LogP contribution in [-0.2, 0) is 25.3 Å². The summed E-state index contributed by atoms with van der Waals surface area (Å²) in [6.07, 6.45) is 1.41. The molecule has 1 N–H and O–H groups in total. The number of hydrogen-bond donors (Lipinski definition) is 1. The highest BCUT2D eigenvalue weighted by molar-refractivity contribution is 8.00. The molecule has 0 bridgehead atoms. The van der Waals surface area contributed by atoms with E-state index in [4.69, 9.17) is 0 Å². The SMILES string of the molecule is CCCc1nc(SCC(=O)Nc2nc3ccccc3s2)c2c(=O)n(C)c(=O)n(C)c2n1. The number of aryl methyl sites for hydroxylation is 2. The van der Waals surface area contributed by atoms with E-state index in [-0.39, 0.29) is 22.7 Å². The molecule has 0 saturated heterocycles. The summed E-state index contributed by atoms with van der Waals surface area (Å²) in [4.78, 5) is 51.0. The lowest BCUT2D eigenvalue weighted by molar-refractivity contribution is -0.113. The van der Waals surface area contributed by atoms with Crippen LogP contribution in [0.1, 0.15) is 19.2 Å². The maximum Gasteiger partial charge on any atom is 0.332 e. The minimum atomic E-state index is -0.477. The van der Waals surface area contributed by atoms with Crippen LogP contribution < -0.4 is 16.6 Å². The molecular weight excluding hydrogens is 436 g/mol. The van der Waals surface area contributed by atoms with Gasteiger partial charge in [-0.3, -0.25) is 18.7 Å². The summed E-state index contributed by atoms with van der Waals surface area (Å²) in [5.41, 5.74) is 0.171. The van der Waals surface area contributed by atoms with Crippen molar-refractivity contribution in [3.8, 4) is 0 Å². The Morgan fingerprint density at radius 1 is 1.13 bits per heavy atom. The minimum absolute atomic E-state index is 0.0413. The zero-order valence-corrected chi connectivity index (χ0v) is 18.8. The smallest absolute Gasteiger partial charge is 0.301 e. The number of carbonyl (C=O) groups excluding carboxylic acids is 1. The summed E-state index contributed by atoms with van der Waals surface area (Å²) in [6, 6.07) is 7.65. The van der Waals surface area contributed by atoms with Crippen molar-refractivity contribution in [2.75, 3.05) is 11.1 Å².